The van der Waals surface area contributed by atoms with Gasteiger partial charge < -0.3 is 16.4 Å². The van der Waals surface area contributed by atoms with Crippen molar-refractivity contribution in [2.45, 2.75) is 86.7 Å². The number of ketones is 1. The minimum atomic E-state index is -0.402. The molecule has 0 saturated heterocycles. The molecule has 0 aromatic rings. The Hall–Kier alpha value is -0.940. The van der Waals surface area contributed by atoms with Crippen molar-refractivity contribution in [3.8, 4) is 0 Å². The molecule has 0 aliphatic carbocycles. The Morgan fingerprint density at radius 3 is 1.91 bits per heavy atom. The normalized spacial score (nSPS) is 12.3. The molecule has 0 aromatic carbocycles. The lowest BCUT2D eigenvalue weighted by atomic mass is 10.0. The maximum atomic E-state index is 12.2. The van der Waals surface area contributed by atoms with Crippen LogP contribution in [0.4, 0.5) is 0 Å². The number of amides is 1. The monoisotopic (exact) mass is 331 g/mol. The van der Waals surface area contributed by atoms with E-state index >= 15 is 0 Å². The number of Topliss-reactive ketones (excluding diaryl/α,β-unsaturated/α-hetero) is 1. The number of likely N-dealkylation sites (N-methyl/N-ethyl adjacent to an activating group) is 1. The maximum Gasteiger partial charge on any atom is 0.237 e. The van der Waals surface area contributed by atoms with Crippen LogP contribution in [0.5, 0.6) is 0 Å². The molecular weight excluding hydrogens is 290 g/mol. The zero-order chi connectivity index (χ0) is 18.8. The van der Waals surface area contributed by atoms with Gasteiger partial charge in [-0.2, -0.15) is 0 Å². The number of nitrogens with two attached hydrogens (primary N) is 1. The van der Waals surface area contributed by atoms with Gasteiger partial charge in [0.05, 0.1) is 12.1 Å². The molecule has 0 rings (SSSR count). The van der Waals surface area contributed by atoms with E-state index < -0.39 is 6.04 Å². The molecule has 0 bridgehead atoms. The highest BCUT2D eigenvalue weighted by Crippen LogP contribution is 2.05. The molecule has 0 radical (unpaired) electrons. The van der Waals surface area contributed by atoms with Crippen molar-refractivity contribution in [3.05, 3.63) is 0 Å². The molecule has 0 aliphatic heterocycles. The molecule has 5 heteroatoms. The Morgan fingerprint density at radius 1 is 1.04 bits per heavy atom. The number of nitrogens with one attached hydrogen (secondary N) is 2. The van der Waals surface area contributed by atoms with Gasteiger partial charge in [0, 0.05) is 6.42 Å². The van der Waals surface area contributed by atoms with E-state index in [0.717, 1.165) is 13.0 Å². The highest BCUT2D eigenvalue weighted by atomic mass is 16.2. The second kappa shape index (κ2) is 19.1. The Bertz CT molecular complexity index is 281. The number of rotatable bonds is 10. The summed E-state index contributed by atoms with van der Waals surface area (Å²) >= 11 is 0. The Morgan fingerprint density at radius 2 is 1.57 bits per heavy atom. The van der Waals surface area contributed by atoms with Gasteiger partial charge in [0.15, 0.2) is 5.78 Å². The molecular formula is C18H41N3O2. The summed E-state index contributed by atoms with van der Waals surface area (Å²) in [5.74, 6) is 0.160. The fourth-order valence-corrected chi connectivity index (χ4v) is 1.99. The lowest BCUT2D eigenvalue weighted by Gasteiger charge is -2.24. The second-order valence-electron chi connectivity index (χ2n) is 5.09. The minimum Gasteiger partial charge on any atom is -0.345 e. The third-order valence-electron chi connectivity index (χ3n) is 3.12. The number of carbonyl (C=O) groups excluding carboxylic acids is 2. The number of hydrogen-bond acceptors (Lipinski definition) is 4. The first kappa shape index (κ1) is 26.9. The standard InChI is InChI=1S/C14H29N3O2.2C2H6/c1-5-12(18)11(8-7-9-15)17-14(19)13(10(3)4)16-6-2;2*1-2/h10-11,13,16H,5-9,15H2,1-4H3,(H,17,19);2*1-2H3. The average Bonchev–Trinajstić information content (AvgIpc) is 2.58. The Balaban J connectivity index is -0.000000919. The van der Waals surface area contributed by atoms with Gasteiger partial charge in [-0.15, -0.1) is 0 Å². The predicted octanol–water partition coefficient (Wildman–Crippen LogP) is 2.88. The van der Waals surface area contributed by atoms with Crippen LogP contribution < -0.4 is 16.4 Å². The van der Waals surface area contributed by atoms with Crippen molar-refractivity contribution >= 4 is 11.7 Å². The van der Waals surface area contributed by atoms with E-state index in [1.165, 1.54) is 0 Å². The van der Waals surface area contributed by atoms with Gasteiger partial charge in [-0.25, -0.2) is 0 Å². The lowest BCUT2D eigenvalue weighted by Crippen LogP contribution is -2.52. The van der Waals surface area contributed by atoms with E-state index in [2.05, 4.69) is 10.6 Å². The molecule has 0 aromatic heterocycles. The molecule has 0 aliphatic rings. The largest absolute Gasteiger partial charge is 0.345 e. The van der Waals surface area contributed by atoms with Crippen LogP contribution in [-0.2, 0) is 9.59 Å². The summed E-state index contributed by atoms with van der Waals surface area (Å²) in [4.78, 5) is 24.0. The fourth-order valence-electron chi connectivity index (χ4n) is 1.99. The third kappa shape index (κ3) is 13.2. The number of carbonyl (C=O) groups is 2. The minimum absolute atomic E-state index is 0.0702. The van der Waals surface area contributed by atoms with Gasteiger partial charge in [-0.1, -0.05) is 55.4 Å². The molecule has 4 N–H and O–H groups in total. The molecule has 140 valence electrons. The van der Waals surface area contributed by atoms with Crippen LogP contribution in [-0.4, -0.2) is 36.9 Å². The first-order chi connectivity index (χ1) is 11.0. The maximum absolute atomic E-state index is 12.2. The number of hydrogen-bond donors (Lipinski definition) is 3. The van der Waals surface area contributed by atoms with Crippen molar-refractivity contribution in [2.75, 3.05) is 13.1 Å². The summed E-state index contributed by atoms with van der Waals surface area (Å²) in [5.41, 5.74) is 5.47. The van der Waals surface area contributed by atoms with Crippen LogP contribution in [0, 0.1) is 5.92 Å². The van der Waals surface area contributed by atoms with Crippen LogP contribution >= 0.6 is 0 Å². The SMILES string of the molecule is CC.CC.CCNC(C(=O)NC(CCCN)C(=O)CC)C(C)C. The molecule has 0 heterocycles. The molecule has 2 unspecified atom stereocenters. The molecule has 0 fully saturated rings. The highest BCUT2D eigenvalue weighted by molar-refractivity contribution is 5.90. The van der Waals surface area contributed by atoms with Crippen LogP contribution in [0.3, 0.4) is 0 Å². The van der Waals surface area contributed by atoms with Crippen LogP contribution in [0.25, 0.3) is 0 Å². The van der Waals surface area contributed by atoms with Crippen molar-refractivity contribution in [1.29, 1.82) is 0 Å². The van der Waals surface area contributed by atoms with E-state index in [4.69, 9.17) is 5.73 Å². The summed E-state index contributed by atoms with van der Waals surface area (Å²) in [6.07, 6.45) is 1.79. The van der Waals surface area contributed by atoms with Gasteiger partial charge in [0.2, 0.25) is 5.91 Å². The third-order valence-corrected chi connectivity index (χ3v) is 3.12. The quantitative estimate of drug-likeness (QED) is 0.575. The van der Waals surface area contributed by atoms with Crippen LogP contribution in [0.2, 0.25) is 0 Å². The van der Waals surface area contributed by atoms with Crippen molar-refractivity contribution < 1.29 is 9.59 Å². The van der Waals surface area contributed by atoms with E-state index in [9.17, 15) is 9.59 Å². The predicted molar refractivity (Wildman–Crippen MR) is 101 cm³/mol. The topological polar surface area (TPSA) is 84.2 Å². The zero-order valence-electron chi connectivity index (χ0n) is 16.7. The van der Waals surface area contributed by atoms with Gasteiger partial charge in [-0.05, 0) is 31.8 Å². The molecule has 0 saturated carbocycles. The van der Waals surface area contributed by atoms with Crippen LogP contribution in [0.1, 0.15) is 74.7 Å². The zero-order valence-corrected chi connectivity index (χ0v) is 16.7. The lowest BCUT2D eigenvalue weighted by molar-refractivity contribution is -0.129. The Kier molecular flexibility index (Phi) is 22.4. The summed E-state index contributed by atoms with van der Waals surface area (Å²) in [5, 5.41) is 6.01. The van der Waals surface area contributed by atoms with Gasteiger partial charge in [0.1, 0.15) is 0 Å². The smallest absolute Gasteiger partial charge is 0.237 e. The van der Waals surface area contributed by atoms with Crippen molar-refractivity contribution in [2.24, 2.45) is 11.7 Å². The second-order valence-corrected chi connectivity index (χ2v) is 5.09. The highest BCUT2D eigenvalue weighted by Gasteiger charge is 2.25. The molecule has 2 atom stereocenters. The van der Waals surface area contributed by atoms with Gasteiger partial charge in [0.25, 0.3) is 0 Å². The van der Waals surface area contributed by atoms with E-state index in [0.29, 0.717) is 19.4 Å². The summed E-state index contributed by atoms with van der Waals surface area (Å²) < 4.78 is 0. The van der Waals surface area contributed by atoms with Gasteiger partial charge in [-0.3, -0.25) is 9.59 Å². The summed E-state index contributed by atoms with van der Waals surface area (Å²) in [7, 11) is 0. The van der Waals surface area contributed by atoms with Crippen molar-refractivity contribution in [1.82, 2.24) is 10.6 Å². The molecule has 0 spiro atoms. The molecule has 5 nitrogen and oxygen atoms in total. The van der Waals surface area contributed by atoms with E-state index in [-0.39, 0.29) is 23.7 Å². The Labute approximate surface area is 144 Å². The summed E-state index contributed by atoms with van der Waals surface area (Å²) in [6, 6.07) is -0.656. The van der Waals surface area contributed by atoms with Crippen molar-refractivity contribution in [3.63, 3.8) is 0 Å². The van der Waals surface area contributed by atoms with Gasteiger partial charge >= 0.3 is 0 Å². The first-order valence-corrected chi connectivity index (χ1v) is 9.24. The fraction of sp³-hybridized carbons (Fsp3) is 0.889. The summed E-state index contributed by atoms with van der Waals surface area (Å²) in [6.45, 7) is 17.0. The van der Waals surface area contributed by atoms with Crippen LogP contribution in [0.15, 0.2) is 0 Å². The van der Waals surface area contributed by atoms with E-state index in [1.54, 1.807) is 0 Å². The van der Waals surface area contributed by atoms with E-state index in [1.807, 2.05) is 55.4 Å². The molecule has 23 heavy (non-hydrogen) atoms. The first-order valence-electron chi connectivity index (χ1n) is 9.24. The average molecular weight is 332 g/mol. The molecule has 1 amide bonds.